The standard InChI is InChI=1S/C17H22N6O2/c1-11-3-6-19-13(9-11)22-15-14(18)16(21-10-20-15)23-7-4-12(5-8-23)17(24)25-2/h3,6,9-10,12H,4-5,7-8,18H2,1-2H3,(H,19,20,21,22). The van der Waals surface area contributed by atoms with E-state index in [4.69, 9.17) is 10.5 Å². The lowest BCUT2D eigenvalue weighted by atomic mass is 9.97. The van der Waals surface area contributed by atoms with Crippen LogP contribution in [0.4, 0.5) is 23.1 Å². The van der Waals surface area contributed by atoms with Crippen LogP contribution in [0.25, 0.3) is 0 Å². The molecule has 0 amide bonds. The lowest BCUT2D eigenvalue weighted by Gasteiger charge is -2.32. The third-order valence-corrected chi connectivity index (χ3v) is 4.35. The maximum Gasteiger partial charge on any atom is 0.308 e. The van der Waals surface area contributed by atoms with E-state index in [0.717, 1.165) is 18.4 Å². The van der Waals surface area contributed by atoms with Gasteiger partial charge in [-0.3, -0.25) is 4.79 Å². The number of rotatable bonds is 4. The zero-order chi connectivity index (χ0) is 17.8. The van der Waals surface area contributed by atoms with Crippen LogP contribution >= 0.6 is 0 Å². The minimum atomic E-state index is -0.150. The van der Waals surface area contributed by atoms with Gasteiger partial charge in [0.1, 0.15) is 17.8 Å². The van der Waals surface area contributed by atoms with Gasteiger partial charge in [0.25, 0.3) is 0 Å². The summed E-state index contributed by atoms with van der Waals surface area (Å²) in [7, 11) is 1.42. The number of anilines is 4. The molecule has 132 valence electrons. The average molecular weight is 342 g/mol. The van der Waals surface area contributed by atoms with Gasteiger partial charge in [0.05, 0.1) is 13.0 Å². The predicted octanol–water partition coefficient (Wildman–Crippen LogP) is 1.90. The summed E-state index contributed by atoms with van der Waals surface area (Å²) in [5.41, 5.74) is 7.84. The number of nitrogens with two attached hydrogens (primary N) is 1. The third kappa shape index (κ3) is 3.78. The average Bonchev–Trinajstić information content (AvgIpc) is 2.63. The van der Waals surface area contributed by atoms with E-state index in [9.17, 15) is 4.79 Å². The van der Waals surface area contributed by atoms with Crippen molar-refractivity contribution in [1.82, 2.24) is 15.0 Å². The van der Waals surface area contributed by atoms with Gasteiger partial charge in [-0.2, -0.15) is 0 Å². The van der Waals surface area contributed by atoms with Crippen molar-refractivity contribution in [1.29, 1.82) is 0 Å². The molecule has 3 N–H and O–H groups in total. The Labute approximate surface area is 146 Å². The summed E-state index contributed by atoms with van der Waals surface area (Å²) < 4.78 is 4.82. The number of carbonyl (C=O) groups excluding carboxylic acids is 1. The first-order valence-corrected chi connectivity index (χ1v) is 8.21. The number of aromatic nitrogens is 3. The first kappa shape index (κ1) is 16.9. The van der Waals surface area contributed by atoms with E-state index in [1.807, 2.05) is 19.1 Å². The van der Waals surface area contributed by atoms with E-state index in [-0.39, 0.29) is 11.9 Å². The number of esters is 1. The topological polar surface area (TPSA) is 106 Å². The highest BCUT2D eigenvalue weighted by atomic mass is 16.5. The minimum Gasteiger partial charge on any atom is -0.469 e. The highest BCUT2D eigenvalue weighted by Gasteiger charge is 2.27. The predicted molar refractivity (Wildman–Crippen MR) is 95.7 cm³/mol. The third-order valence-electron chi connectivity index (χ3n) is 4.35. The quantitative estimate of drug-likeness (QED) is 0.811. The lowest BCUT2D eigenvalue weighted by molar-refractivity contribution is -0.146. The number of aryl methyl sites for hydroxylation is 1. The van der Waals surface area contributed by atoms with Crippen LogP contribution in [0.1, 0.15) is 18.4 Å². The Kier molecular flexibility index (Phi) is 4.97. The fraction of sp³-hybridized carbons (Fsp3) is 0.412. The van der Waals surface area contributed by atoms with Crippen LogP contribution in [0.15, 0.2) is 24.7 Å². The molecule has 8 heteroatoms. The van der Waals surface area contributed by atoms with E-state index in [1.54, 1.807) is 6.20 Å². The molecule has 0 aromatic carbocycles. The smallest absolute Gasteiger partial charge is 0.308 e. The summed E-state index contributed by atoms with van der Waals surface area (Å²) >= 11 is 0. The minimum absolute atomic E-state index is 0.0570. The number of carbonyl (C=O) groups is 1. The van der Waals surface area contributed by atoms with E-state index >= 15 is 0 Å². The van der Waals surface area contributed by atoms with Crippen molar-refractivity contribution in [3.63, 3.8) is 0 Å². The van der Waals surface area contributed by atoms with E-state index < -0.39 is 0 Å². The van der Waals surface area contributed by atoms with Crippen LogP contribution < -0.4 is 16.0 Å². The Balaban J connectivity index is 1.74. The molecule has 0 spiro atoms. The Morgan fingerprint density at radius 2 is 2.08 bits per heavy atom. The van der Waals surface area contributed by atoms with Gasteiger partial charge in [-0.15, -0.1) is 0 Å². The molecule has 1 fully saturated rings. The van der Waals surface area contributed by atoms with Crippen LogP contribution in [0.3, 0.4) is 0 Å². The molecule has 0 aliphatic carbocycles. The van der Waals surface area contributed by atoms with Gasteiger partial charge in [0, 0.05) is 19.3 Å². The first-order chi connectivity index (χ1) is 12.1. The molecule has 0 saturated carbocycles. The number of ether oxygens (including phenoxy) is 1. The molecule has 0 radical (unpaired) electrons. The molecule has 0 bridgehead atoms. The number of pyridine rings is 1. The summed E-state index contributed by atoms with van der Waals surface area (Å²) in [5.74, 6) is 1.67. The van der Waals surface area contributed by atoms with Gasteiger partial charge in [0.15, 0.2) is 11.6 Å². The maximum atomic E-state index is 11.7. The van der Waals surface area contributed by atoms with Crippen molar-refractivity contribution in [2.45, 2.75) is 19.8 Å². The number of piperidine rings is 1. The zero-order valence-corrected chi connectivity index (χ0v) is 14.4. The highest BCUT2D eigenvalue weighted by Crippen LogP contribution is 2.31. The second-order valence-electron chi connectivity index (χ2n) is 6.09. The van der Waals surface area contributed by atoms with Gasteiger partial charge in [-0.25, -0.2) is 15.0 Å². The molecular formula is C17H22N6O2. The maximum absolute atomic E-state index is 11.7. The van der Waals surface area contributed by atoms with Crippen LogP contribution in [0, 0.1) is 12.8 Å². The Hall–Kier alpha value is -2.90. The molecule has 1 saturated heterocycles. The number of hydrogen-bond donors (Lipinski definition) is 2. The van der Waals surface area contributed by atoms with Gasteiger partial charge in [0.2, 0.25) is 0 Å². The zero-order valence-electron chi connectivity index (χ0n) is 14.4. The fourth-order valence-corrected chi connectivity index (χ4v) is 2.96. The van der Waals surface area contributed by atoms with Gasteiger partial charge >= 0.3 is 5.97 Å². The molecule has 0 atom stereocenters. The van der Waals surface area contributed by atoms with E-state index in [2.05, 4.69) is 25.2 Å². The molecule has 2 aromatic heterocycles. The van der Waals surface area contributed by atoms with E-state index in [0.29, 0.717) is 36.2 Å². The number of methoxy groups -OCH3 is 1. The summed E-state index contributed by atoms with van der Waals surface area (Å²) in [4.78, 5) is 26.5. The molecule has 3 heterocycles. The van der Waals surface area contributed by atoms with Crippen molar-refractivity contribution >= 4 is 29.1 Å². The van der Waals surface area contributed by atoms with E-state index in [1.165, 1.54) is 13.4 Å². The Bertz CT molecular complexity index is 759. The summed E-state index contributed by atoms with van der Waals surface area (Å²) in [6.07, 6.45) is 4.65. The highest BCUT2D eigenvalue weighted by molar-refractivity contribution is 5.78. The van der Waals surface area contributed by atoms with Crippen LogP contribution in [0.5, 0.6) is 0 Å². The Morgan fingerprint density at radius 3 is 2.76 bits per heavy atom. The van der Waals surface area contributed by atoms with Crippen molar-refractivity contribution in [2.24, 2.45) is 5.92 Å². The number of nitrogen functional groups attached to an aromatic ring is 1. The molecule has 3 rings (SSSR count). The molecule has 2 aromatic rings. The summed E-state index contributed by atoms with van der Waals surface area (Å²) in [5, 5.41) is 3.14. The van der Waals surface area contributed by atoms with Crippen LogP contribution in [-0.4, -0.2) is 41.1 Å². The lowest BCUT2D eigenvalue weighted by Crippen LogP contribution is -2.37. The fourth-order valence-electron chi connectivity index (χ4n) is 2.96. The van der Waals surface area contributed by atoms with Crippen molar-refractivity contribution in [2.75, 3.05) is 36.1 Å². The van der Waals surface area contributed by atoms with Gasteiger partial charge in [-0.1, -0.05) is 0 Å². The molecule has 1 aliphatic rings. The monoisotopic (exact) mass is 342 g/mol. The van der Waals surface area contributed by atoms with Crippen molar-refractivity contribution < 1.29 is 9.53 Å². The molecule has 8 nitrogen and oxygen atoms in total. The van der Waals surface area contributed by atoms with Crippen molar-refractivity contribution in [3.05, 3.63) is 30.2 Å². The molecule has 0 unspecified atom stereocenters. The molecule has 25 heavy (non-hydrogen) atoms. The Morgan fingerprint density at radius 1 is 1.32 bits per heavy atom. The van der Waals surface area contributed by atoms with Gasteiger partial charge in [-0.05, 0) is 37.5 Å². The number of nitrogens with one attached hydrogen (secondary N) is 1. The largest absolute Gasteiger partial charge is 0.469 e. The number of nitrogens with zero attached hydrogens (tertiary/aromatic N) is 4. The first-order valence-electron chi connectivity index (χ1n) is 8.21. The second-order valence-corrected chi connectivity index (χ2v) is 6.09. The van der Waals surface area contributed by atoms with Gasteiger partial charge < -0.3 is 20.7 Å². The SMILES string of the molecule is COC(=O)C1CCN(c2ncnc(Nc3cc(C)ccn3)c2N)CC1. The summed E-state index contributed by atoms with van der Waals surface area (Å²) in [6, 6.07) is 3.84. The summed E-state index contributed by atoms with van der Waals surface area (Å²) in [6.45, 7) is 3.39. The van der Waals surface area contributed by atoms with Crippen molar-refractivity contribution in [3.8, 4) is 0 Å². The second kappa shape index (κ2) is 7.33. The normalized spacial score (nSPS) is 15.0. The molecular weight excluding hydrogens is 320 g/mol. The molecule has 1 aliphatic heterocycles. The van der Waals surface area contributed by atoms with Crippen LogP contribution in [0.2, 0.25) is 0 Å². The number of hydrogen-bond acceptors (Lipinski definition) is 8. The van der Waals surface area contributed by atoms with Crippen LogP contribution in [-0.2, 0) is 9.53 Å².